The molecule has 1 amide bonds. The van der Waals surface area contributed by atoms with Crippen molar-refractivity contribution in [1.82, 2.24) is 9.55 Å². The molecule has 0 saturated heterocycles. The molecule has 2 aromatic rings. The number of aromatic nitrogens is 2. The number of carbonyl (C=O) groups is 1. The maximum Gasteiger partial charge on any atom is 0.270 e. The van der Waals surface area contributed by atoms with Gasteiger partial charge < -0.3 is 15.2 Å². The molecule has 0 saturated carbocycles. The normalized spacial score (nSPS) is 13.6. The van der Waals surface area contributed by atoms with Crippen LogP contribution in [0.3, 0.4) is 0 Å². The smallest absolute Gasteiger partial charge is 0.270 e. The van der Waals surface area contributed by atoms with Gasteiger partial charge in [-0.05, 0) is 17.5 Å². The van der Waals surface area contributed by atoms with Crippen LogP contribution in [0.4, 0.5) is 5.69 Å². The number of nitrogens with zero attached hydrogens (tertiary/aromatic N) is 2. The number of ether oxygens (including phenoxy) is 1. The van der Waals surface area contributed by atoms with Gasteiger partial charge in [-0.2, -0.15) is 4.98 Å². The largest absolute Gasteiger partial charge is 0.493 e. The van der Waals surface area contributed by atoms with Gasteiger partial charge in [-0.15, -0.1) is 0 Å². The van der Waals surface area contributed by atoms with Crippen LogP contribution in [0.5, 0.6) is 5.88 Å². The molecular formula is C17H18ClN3O4. The first-order valence-corrected chi connectivity index (χ1v) is 8.28. The molecule has 0 atom stereocenters. The number of fused-ring (bicyclic) bond motifs is 1. The molecule has 1 aliphatic rings. The van der Waals surface area contributed by atoms with E-state index in [0.717, 1.165) is 5.56 Å². The van der Waals surface area contributed by atoms with Crippen molar-refractivity contribution in [2.75, 3.05) is 11.9 Å². The molecule has 2 N–H and O–H groups in total. The van der Waals surface area contributed by atoms with E-state index in [4.69, 9.17) is 16.3 Å². The zero-order chi connectivity index (χ0) is 18.1. The Hall–Kier alpha value is -2.38. The predicted octanol–water partition coefficient (Wildman–Crippen LogP) is 2.51. The summed E-state index contributed by atoms with van der Waals surface area (Å²) in [6.45, 7) is 4.72. The molecule has 0 fully saturated rings. The maximum atomic E-state index is 12.6. The van der Waals surface area contributed by atoms with Crippen LogP contribution in [-0.2, 0) is 17.9 Å². The average molecular weight is 364 g/mol. The minimum absolute atomic E-state index is 0.118. The number of aromatic hydroxyl groups is 1. The summed E-state index contributed by atoms with van der Waals surface area (Å²) < 4.78 is 6.54. The first-order chi connectivity index (χ1) is 11.9. The van der Waals surface area contributed by atoms with Crippen molar-refractivity contribution < 1.29 is 14.6 Å². The Morgan fingerprint density at radius 3 is 2.92 bits per heavy atom. The summed E-state index contributed by atoms with van der Waals surface area (Å²) in [5.41, 5.74) is 0.250. The van der Waals surface area contributed by atoms with E-state index in [2.05, 4.69) is 10.3 Å². The molecule has 7 nitrogen and oxygen atoms in total. The highest BCUT2D eigenvalue weighted by Crippen LogP contribution is 2.31. The Morgan fingerprint density at radius 1 is 1.44 bits per heavy atom. The number of halogens is 1. The van der Waals surface area contributed by atoms with Crippen LogP contribution in [0.25, 0.3) is 0 Å². The van der Waals surface area contributed by atoms with Gasteiger partial charge in [-0.3, -0.25) is 14.2 Å². The lowest BCUT2D eigenvalue weighted by molar-refractivity contribution is 0.0766. The fourth-order valence-electron chi connectivity index (χ4n) is 2.72. The van der Waals surface area contributed by atoms with Gasteiger partial charge in [0.25, 0.3) is 11.5 Å². The van der Waals surface area contributed by atoms with Crippen LogP contribution in [0.15, 0.2) is 23.0 Å². The Labute approximate surface area is 149 Å². The molecule has 1 aromatic carbocycles. The summed E-state index contributed by atoms with van der Waals surface area (Å²) in [6, 6.07) is 5.28. The first-order valence-electron chi connectivity index (χ1n) is 7.90. The molecule has 0 unspecified atom stereocenters. The minimum Gasteiger partial charge on any atom is -0.493 e. The number of amides is 1. The van der Waals surface area contributed by atoms with Crippen LogP contribution in [0, 0.1) is 0 Å². The van der Waals surface area contributed by atoms with Gasteiger partial charge in [-0.25, -0.2) is 0 Å². The van der Waals surface area contributed by atoms with E-state index >= 15 is 0 Å². The van der Waals surface area contributed by atoms with Crippen LogP contribution in [0.2, 0.25) is 5.02 Å². The third-order valence-electron chi connectivity index (χ3n) is 4.05. The van der Waals surface area contributed by atoms with Crippen molar-refractivity contribution in [3.63, 3.8) is 0 Å². The third kappa shape index (κ3) is 3.25. The minimum atomic E-state index is -0.750. The van der Waals surface area contributed by atoms with Gasteiger partial charge in [0, 0.05) is 0 Å². The Bertz CT molecular complexity index is 892. The van der Waals surface area contributed by atoms with Gasteiger partial charge in [0.15, 0.2) is 5.56 Å². The Kier molecular flexibility index (Phi) is 4.78. The molecule has 3 rings (SSSR count). The van der Waals surface area contributed by atoms with E-state index in [0.29, 0.717) is 23.1 Å². The second kappa shape index (κ2) is 6.85. The topological polar surface area (TPSA) is 93.5 Å². The summed E-state index contributed by atoms with van der Waals surface area (Å²) in [7, 11) is 0. The highest BCUT2D eigenvalue weighted by atomic mass is 35.5. The molecule has 25 heavy (non-hydrogen) atoms. The average Bonchev–Trinajstić information content (AvgIpc) is 2.56. The van der Waals surface area contributed by atoms with Crippen LogP contribution in [0.1, 0.15) is 41.5 Å². The van der Waals surface area contributed by atoms with Crippen molar-refractivity contribution >= 4 is 23.2 Å². The fourth-order valence-corrected chi connectivity index (χ4v) is 3.11. The van der Waals surface area contributed by atoms with E-state index in [1.165, 1.54) is 4.57 Å². The summed E-state index contributed by atoms with van der Waals surface area (Å²) in [5.74, 6) is -0.895. The van der Waals surface area contributed by atoms with Crippen molar-refractivity contribution in [2.45, 2.75) is 32.9 Å². The Balaban J connectivity index is 1.98. The summed E-state index contributed by atoms with van der Waals surface area (Å²) >= 11 is 6.34. The second-order valence-corrected chi connectivity index (χ2v) is 6.43. The molecule has 0 radical (unpaired) electrons. The van der Waals surface area contributed by atoms with E-state index in [9.17, 15) is 14.7 Å². The maximum absolute atomic E-state index is 12.6. The molecule has 8 heteroatoms. The van der Waals surface area contributed by atoms with E-state index in [1.807, 2.05) is 19.9 Å². The number of nitrogens with one attached hydrogen (secondary N) is 1. The van der Waals surface area contributed by atoms with Gasteiger partial charge >= 0.3 is 0 Å². The number of hydrogen-bond donors (Lipinski definition) is 2. The van der Waals surface area contributed by atoms with Crippen LogP contribution < -0.4 is 10.9 Å². The number of anilines is 1. The second-order valence-electron chi connectivity index (χ2n) is 6.05. The van der Waals surface area contributed by atoms with Crippen molar-refractivity contribution in [3.8, 4) is 5.88 Å². The summed E-state index contributed by atoms with van der Waals surface area (Å²) in [6.07, 6.45) is 0. The zero-order valence-corrected chi connectivity index (χ0v) is 14.6. The number of rotatable bonds is 3. The third-order valence-corrected chi connectivity index (χ3v) is 4.47. The lowest BCUT2D eigenvalue weighted by Gasteiger charge is -2.19. The highest BCUT2D eigenvalue weighted by Gasteiger charge is 2.24. The SMILES string of the molecule is CC(C)c1cccc(NC(=O)c2c(O)nc3n(c2=O)CCOC3)c1Cl. The predicted molar refractivity (Wildman–Crippen MR) is 93.3 cm³/mol. The molecule has 0 aliphatic carbocycles. The van der Waals surface area contributed by atoms with E-state index in [1.54, 1.807) is 12.1 Å². The number of benzene rings is 1. The van der Waals surface area contributed by atoms with Gasteiger partial charge in [0.1, 0.15) is 12.4 Å². The number of hydrogen-bond acceptors (Lipinski definition) is 5. The van der Waals surface area contributed by atoms with Gasteiger partial charge in [0.2, 0.25) is 5.88 Å². The monoisotopic (exact) mass is 363 g/mol. The zero-order valence-electron chi connectivity index (χ0n) is 13.9. The lowest BCUT2D eigenvalue weighted by Crippen LogP contribution is -2.36. The van der Waals surface area contributed by atoms with Crippen molar-refractivity contribution in [2.24, 2.45) is 0 Å². The van der Waals surface area contributed by atoms with Crippen molar-refractivity contribution in [3.05, 3.63) is 50.5 Å². The van der Waals surface area contributed by atoms with Gasteiger partial charge in [0.05, 0.1) is 23.9 Å². The summed E-state index contributed by atoms with van der Waals surface area (Å²) in [5, 5.41) is 13.0. The van der Waals surface area contributed by atoms with Crippen LogP contribution in [-0.4, -0.2) is 27.2 Å². The van der Waals surface area contributed by atoms with E-state index in [-0.39, 0.29) is 19.1 Å². The molecular weight excluding hydrogens is 346 g/mol. The Morgan fingerprint density at radius 2 is 2.20 bits per heavy atom. The molecule has 2 heterocycles. The summed E-state index contributed by atoms with van der Waals surface area (Å²) in [4.78, 5) is 29.0. The van der Waals surface area contributed by atoms with Gasteiger partial charge in [-0.1, -0.05) is 37.6 Å². The molecule has 1 aliphatic heterocycles. The van der Waals surface area contributed by atoms with E-state index < -0.39 is 22.9 Å². The molecule has 1 aromatic heterocycles. The quantitative estimate of drug-likeness (QED) is 0.873. The number of carbonyl (C=O) groups excluding carboxylic acids is 1. The van der Waals surface area contributed by atoms with Crippen LogP contribution >= 0.6 is 11.6 Å². The standard InChI is InChI=1S/C17H18ClN3O4/c1-9(2)10-4-3-5-11(14(10)18)19-15(22)13-16(23)20-12-8-25-7-6-21(12)17(13)24/h3-5,9,23H,6-8H2,1-2H3,(H,19,22). The fraction of sp³-hybridized carbons (Fsp3) is 0.353. The highest BCUT2D eigenvalue weighted by molar-refractivity contribution is 6.34. The molecule has 0 bridgehead atoms. The molecule has 132 valence electrons. The first kappa shape index (κ1) is 17.4. The molecule has 0 spiro atoms. The lowest BCUT2D eigenvalue weighted by atomic mass is 10.0. The van der Waals surface area contributed by atoms with Crippen molar-refractivity contribution in [1.29, 1.82) is 0 Å².